The summed E-state index contributed by atoms with van der Waals surface area (Å²) in [7, 11) is 0. The Morgan fingerprint density at radius 3 is 2.84 bits per heavy atom. The second kappa shape index (κ2) is 4.37. The van der Waals surface area contributed by atoms with Crippen molar-refractivity contribution in [2.24, 2.45) is 0 Å². The van der Waals surface area contributed by atoms with Gasteiger partial charge >= 0.3 is 5.97 Å². The maximum absolute atomic E-state index is 10.9. The number of rotatable bonds is 2. The zero-order chi connectivity index (χ0) is 13.4. The molecule has 0 bridgehead atoms. The van der Waals surface area contributed by atoms with Gasteiger partial charge in [-0.15, -0.1) is 0 Å². The summed E-state index contributed by atoms with van der Waals surface area (Å²) in [4.78, 5) is 14.9. The van der Waals surface area contributed by atoms with Crippen molar-refractivity contribution in [1.82, 2.24) is 14.6 Å². The summed E-state index contributed by atoms with van der Waals surface area (Å²) in [6.45, 7) is 0. The molecule has 0 unspecified atom stereocenters. The van der Waals surface area contributed by atoms with Gasteiger partial charge < -0.3 is 5.11 Å². The van der Waals surface area contributed by atoms with E-state index < -0.39 is 5.97 Å². The van der Waals surface area contributed by atoms with Crippen molar-refractivity contribution in [3.8, 4) is 11.3 Å². The highest BCUT2D eigenvalue weighted by Gasteiger charge is 2.09. The van der Waals surface area contributed by atoms with Crippen molar-refractivity contribution in [2.75, 3.05) is 0 Å². The second-order valence-electron chi connectivity index (χ2n) is 3.96. The van der Waals surface area contributed by atoms with Gasteiger partial charge in [0.05, 0.1) is 5.69 Å². The average molecular weight is 274 g/mol. The van der Waals surface area contributed by atoms with E-state index in [0.717, 1.165) is 5.56 Å². The maximum Gasteiger partial charge on any atom is 0.354 e. The third-order valence-corrected chi connectivity index (χ3v) is 2.90. The molecule has 19 heavy (non-hydrogen) atoms. The first-order valence-corrected chi connectivity index (χ1v) is 5.87. The van der Waals surface area contributed by atoms with Crippen LogP contribution < -0.4 is 0 Å². The van der Waals surface area contributed by atoms with Crippen molar-refractivity contribution in [3.63, 3.8) is 0 Å². The molecule has 0 spiro atoms. The van der Waals surface area contributed by atoms with Crippen molar-refractivity contribution in [1.29, 1.82) is 0 Å². The minimum atomic E-state index is -1.06. The Bertz CT molecular complexity index is 782. The highest BCUT2D eigenvalue weighted by molar-refractivity contribution is 6.30. The molecule has 0 aliphatic heterocycles. The number of nitrogens with zero attached hydrogens (tertiary/aromatic N) is 3. The molecule has 94 valence electrons. The predicted molar refractivity (Wildman–Crippen MR) is 70.4 cm³/mol. The zero-order valence-corrected chi connectivity index (χ0v) is 10.4. The maximum atomic E-state index is 10.9. The lowest BCUT2D eigenvalue weighted by Crippen LogP contribution is -2.01. The van der Waals surface area contributed by atoms with Crippen molar-refractivity contribution < 1.29 is 9.90 Å². The Balaban J connectivity index is 2.14. The fraction of sp³-hybridized carbons (Fsp3) is 0. The van der Waals surface area contributed by atoms with E-state index in [1.807, 2.05) is 12.1 Å². The SMILES string of the molecule is O=C(O)c1ccn2nc(-c3cccc(Cl)c3)cc2n1. The van der Waals surface area contributed by atoms with Gasteiger partial charge in [-0.1, -0.05) is 23.7 Å². The monoisotopic (exact) mass is 273 g/mol. The fourth-order valence-corrected chi connectivity index (χ4v) is 1.98. The summed E-state index contributed by atoms with van der Waals surface area (Å²) in [6.07, 6.45) is 1.57. The quantitative estimate of drug-likeness (QED) is 0.779. The lowest BCUT2D eigenvalue weighted by Gasteiger charge is -1.95. The first kappa shape index (κ1) is 11.7. The molecule has 0 atom stereocenters. The number of aromatic nitrogens is 3. The van der Waals surface area contributed by atoms with E-state index >= 15 is 0 Å². The van der Waals surface area contributed by atoms with Crippen LogP contribution in [0.15, 0.2) is 42.6 Å². The summed E-state index contributed by atoms with van der Waals surface area (Å²) in [5.41, 5.74) is 2.02. The van der Waals surface area contributed by atoms with Crippen LogP contribution >= 0.6 is 11.6 Å². The topological polar surface area (TPSA) is 67.5 Å². The molecule has 0 radical (unpaired) electrons. The lowest BCUT2D eigenvalue weighted by atomic mass is 10.1. The Morgan fingerprint density at radius 2 is 2.11 bits per heavy atom. The second-order valence-corrected chi connectivity index (χ2v) is 4.40. The van der Waals surface area contributed by atoms with Crippen LogP contribution in [-0.4, -0.2) is 25.7 Å². The molecule has 0 aliphatic carbocycles. The van der Waals surface area contributed by atoms with Crippen molar-refractivity contribution >= 4 is 23.2 Å². The largest absolute Gasteiger partial charge is 0.477 e. The lowest BCUT2D eigenvalue weighted by molar-refractivity contribution is 0.0690. The van der Waals surface area contributed by atoms with Crippen LogP contribution in [-0.2, 0) is 0 Å². The van der Waals surface area contributed by atoms with Crippen molar-refractivity contribution in [2.45, 2.75) is 0 Å². The Kier molecular flexibility index (Phi) is 2.68. The molecular formula is C13H8ClN3O2. The number of aromatic carboxylic acids is 1. The van der Waals surface area contributed by atoms with Gasteiger partial charge in [0.1, 0.15) is 0 Å². The van der Waals surface area contributed by atoms with Crippen LogP contribution in [0.5, 0.6) is 0 Å². The van der Waals surface area contributed by atoms with E-state index in [2.05, 4.69) is 10.1 Å². The highest BCUT2D eigenvalue weighted by atomic mass is 35.5. The van der Waals surface area contributed by atoms with Gasteiger partial charge in [0, 0.05) is 22.8 Å². The van der Waals surface area contributed by atoms with Crippen LogP contribution in [0.25, 0.3) is 16.9 Å². The van der Waals surface area contributed by atoms with Crippen LogP contribution in [0, 0.1) is 0 Å². The third-order valence-electron chi connectivity index (χ3n) is 2.66. The van der Waals surface area contributed by atoms with E-state index in [1.165, 1.54) is 10.6 Å². The van der Waals surface area contributed by atoms with E-state index in [1.54, 1.807) is 24.4 Å². The number of carbonyl (C=O) groups is 1. The standard InChI is InChI=1S/C13H8ClN3O2/c14-9-3-1-2-8(6-9)11-7-12-15-10(13(18)19)4-5-17(12)16-11/h1-7H,(H,18,19). The first-order valence-electron chi connectivity index (χ1n) is 5.49. The molecule has 5 nitrogen and oxygen atoms in total. The van der Waals surface area contributed by atoms with Crippen LogP contribution in [0.4, 0.5) is 0 Å². The molecule has 0 amide bonds. The number of halogens is 1. The number of hydrogen-bond donors (Lipinski definition) is 1. The molecular weight excluding hydrogens is 266 g/mol. The van der Waals surface area contributed by atoms with Gasteiger partial charge in [0.15, 0.2) is 11.3 Å². The van der Waals surface area contributed by atoms with Crippen LogP contribution in [0.2, 0.25) is 5.02 Å². The highest BCUT2D eigenvalue weighted by Crippen LogP contribution is 2.22. The minimum absolute atomic E-state index is 0.00922. The number of fused-ring (bicyclic) bond motifs is 1. The molecule has 0 fully saturated rings. The molecule has 1 aromatic carbocycles. The third kappa shape index (κ3) is 2.15. The van der Waals surface area contributed by atoms with E-state index in [4.69, 9.17) is 16.7 Å². The molecule has 6 heteroatoms. The van der Waals surface area contributed by atoms with Gasteiger partial charge in [-0.05, 0) is 18.2 Å². The minimum Gasteiger partial charge on any atom is -0.477 e. The van der Waals surface area contributed by atoms with E-state index in [9.17, 15) is 4.79 Å². The number of carboxylic acids is 1. The Hall–Kier alpha value is -2.40. The summed E-state index contributed by atoms with van der Waals surface area (Å²) >= 11 is 5.93. The summed E-state index contributed by atoms with van der Waals surface area (Å²) < 4.78 is 1.53. The Morgan fingerprint density at radius 1 is 1.26 bits per heavy atom. The van der Waals surface area contributed by atoms with Gasteiger partial charge in [-0.3, -0.25) is 0 Å². The first-order chi connectivity index (χ1) is 9.13. The fourth-order valence-electron chi connectivity index (χ4n) is 1.79. The predicted octanol–water partition coefficient (Wildman–Crippen LogP) is 2.75. The molecule has 0 saturated carbocycles. The number of carboxylic acid groups (broad SMARTS) is 1. The molecule has 0 saturated heterocycles. The smallest absolute Gasteiger partial charge is 0.354 e. The Labute approximate surface area is 113 Å². The average Bonchev–Trinajstić information content (AvgIpc) is 2.81. The normalized spacial score (nSPS) is 10.8. The summed E-state index contributed by atoms with van der Waals surface area (Å²) in [5.74, 6) is -1.06. The zero-order valence-electron chi connectivity index (χ0n) is 9.62. The number of hydrogen-bond acceptors (Lipinski definition) is 3. The van der Waals surface area contributed by atoms with Crippen LogP contribution in [0.1, 0.15) is 10.5 Å². The number of benzene rings is 1. The molecule has 2 heterocycles. The summed E-state index contributed by atoms with van der Waals surface area (Å²) in [6, 6.07) is 10.4. The van der Waals surface area contributed by atoms with Gasteiger partial charge in [-0.25, -0.2) is 14.3 Å². The van der Waals surface area contributed by atoms with Crippen molar-refractivity contribution in [3.05, 3.63) is 53.3 Å². The molecule has 2 aromatic heterocycles. The molecule has 3 aromatic rings. The molecule has 3 rings (SSSR count). The van der Waals surface area contributed by atoms with Crippen LogP contribution in [0.3, 0.4) is 0 Å². The van der Waals surface area contributed by atoms with Gasteiger partial charge in [0.2, 0.25) is 0 Å². The van der Waals surface area contributed by atoms with E-state index in [-0.39, 0.29) is 5.69 Å². The summed E-state index contributed by atoms with van der Waals surface area (Å²) in [5, 5.41) is 13.8. The van der Waals surface area contributed by atoms with E-state index in [0.29, 0.717) is 16.4 Å². The molecule has 0 aliphatic rings. The van der Waals surface area contributed by atoms with Gasteiger partial charge in [-0.2, -0.15) is 5.10 Å². The molecule has 1 N–H and O–H groups in total. The van der Waals surface area contributed by atoms with Gasteiger partial charge in [0.25, 0.3) is 0 Å².